The maximum atomic E-state index is 5.34. The molecule has 1 unspecified atom stereocenters. The maximum absolute atomic E-state index is 5.34. The predicted octanol–water partition coefficient (Wildman–Crippen LogP) is 4.08. The van der Waals surface area contributed by atoms with Gasteiger partial charge < -0.3 is 9.73 Å². The minimum absolute atomic E-state index is 0.364. The molecule has 0 aliphatic heterocycles. The molecule has 0 aliphatic carbocycles. The summed E-state index contributed by atoms with van der Waals surface area (Å²) in [4.78, 5) is 5.98. The third kappa shape index (κ3) is 2.65. The van der Waals surface area contributed by atoms with Crippen LogP contribution >= 0.6 is 11.3 Å². The van der Waals surface area contributed by atoms with Crippen LogP contribution in [0.5, 0.6) is 0 Å². The van der Waals surface area contributed by atoms with Crippen molar-refractivity contribution in [2.75, 3.05) is 6.54 Å². The van der Waals surface area contributed by atoms with Crippen LogP contribution in [0, 0.1) is 13.8 Å². The lowest BCUT2D eigenvalue weighted by Gasteiger charge is -2.11. The van der Waals surface area contributed by atoms with Gasteiger partial charge in [-0.25, -0.2) is 4.98 Å². The fraction of sp³-hybridized carbons (Fsp3) is 0.500. The van der Waals surface area contributed by atoms with Crippen LogP contribution in [0.3, 0.4) is 0 Å². The minimum Gasteiger partial charge on any atom is -0.469 e. The molecule has 1 atom stereocenters. The van der Waals surface area contributed by atoms with E-state index in [9.17, 15) is 0 Å². The number of thiazole rings is 1. The third-order valence-electron chi connectivity index (χ3n) is 3.02. The molecule has 0 saturated carbocycles. The standard InChI is InChI=1S/C14H20N2OS/c1-5-7-15-9(2)13-10(3)16-14(18-13)12-6-8-17-11(12)4/h6,8-9,15H,5,7H2,1-4H3. The van der Waals surface area contributed by atoms with E-state index in [1.54, 1.807) is 17.6 Å². The molecule has 18 heavy (non-hydrogen) atoms. The van der Waals surface area contributed by atoms with Crippen LogP contribution < -0.4 is 5.32 Å². The lowest BCUT2D eigenvalue weighted by molar-refractivity contribution is 0.535. The van der Waals surface area contributed by atoms with Gasteiger partial charge in [-0.2, -0.15) is 0 Å². The van der Waals surface area contributed by atoms with Crippen molar-refractivity contribution < 1.29 is 4.42 Å². The highest BCUT2D eigenvalue weighted by molar-refractivity contribution is 7.15. The van der Waals surface area contributed by atoms with Gasteiger partial charge in [-0.3, -0.25) is 0 Å². The summed E-state index contributed by atoms with van der Waals surface area (Å²) in [5.41, 5.74) is 2.23. The molecule has 98 valence electrons. The zero-order valence-electron chi connectivity index (χ0n) is 11.4. The molecule has 0 amide bonds. The molecule has 2 aromatic rings. The van der Waals surface area contributed by atoms with Crippen molar-refractivity contribution in [3.8, 4) is 10.6 Å². The van der Waals surface area contributed by atoms with Crippen molar-refractivity contribution in [3.05, 3.63) is 28.7 Å². The van der Waals surface area contributed by atoms with E-state index in [0.29, 0.717) is 6.04 Å². The number of nitrogens with one attached hydrogen (secondary N) is 1. The van der Waals surface area contributed by atoms with Gasteiger partial charge in [0.1, 0.15) is 10.8 Å². The first kappa shape index (κ1) is 13.3. The average molecular weight is 264 g/mol. The van der Waals surface area contributed by atoms with E-state index < -0.39 is 0 Å². The highest BCUT2D eigenvalue weighted by Crippen LogP contribution is 2.33. The molecule has 2 rings (SSSR count). The van der Waals surface area contributed by atoms with Crippen molar-refractivity contribution in [3.63, 3.8) is 0 Å². The predicted molar refractivity (Wildman–Crippen MR) is 76.0 cm³/mol. The Hall–Kier alpha value is -1.13. The number of aryl methyl sites for hydroxylation is 2. The highest BCUT2D eigenvalue weighted by Gasteiger charge is 2.16. The summed E-state index contributed by atoms with van der Waals surface area (Å²) in [6, 6.07) is 2.35. The van der Waals surface area contributed by atoms with E-state index in [0.717, 1.165) is 35.0 Å². The van der Waals surface area contributed by atoms with E-state index in [4.69, 9.17) is 4.42 Å². The first-order valence-electron chi connectivity index (χ1n) is 6.38. The van der Waals surface area contributed by atoms with Crippen molar-refractivity contribution in [2.24, 2.45) is 0 Å². The molecule has 0 aromatic carbocycles. The van der Waals surface area contributed by atoms with Gasteiger partial charge >= 0.3 is 0 Å². The van der Waals surface area contributed by atoms with Crippen molar-refractivity contribution in [1.29, 1.82) is 0 Å². The normalized spacial score (nSPS) is 12.9. The van der Waals surface area contributed by atoms with Crippen molar-refractivity contribution in [2.45, 2.75) is 40.2 Å². The number of furan rings is 1. The van der Waals surface area contributed by atoms with Crippen LogP contribution in [-0.2, 0) is 0 Å². The Morgan fingerprint density at radius 3 is 2.83 bits per heavy atom. The molecule has 0 spiro atoms. The maximum Gasteiger partial charge on any atom is 0.127 e. The molecular weight excluding hydrogens is 244 g/mol. The Bertz CT molecular complexity index is 516. The Kier molecular flexibility index (Phi) is 4.19. The van der Waals surface area contributed by atoms with Gasteiger partial charge in [0.25, 0.3) is 0 Å². The fourth-order valence-electron chi connectivity index (χ4n) is 1.99. The van der Waals surface area contributed by atoms with E-state index in [1.807, 2.05) is 13.0 Å². The molecule has 0 radical (unpaired) electrons. The lowest BCUT2D eigenvalue weighted by Crippen LogP contribution is -2.18. The summed E-state index contributed by atoms with van der Waals surface area (Å²) < 4.78 is 5.34. The van der Waals surface area contributed by atoms with Gasteiger partial charge in [-0.05, 0) is 39.8 Å². The molecule has 0 aliphatic rings. The summed E-state index contributed by atoms with van der Waals surface area (Å²) in [6.07, 6.45) is 2.87. The van der Waals surface area contributed by atoms with Crippen LogP contribution in [-0.4, -0.2) is 11.5 Å². The van der Waals surface area contributed by atoms with Crippen molar-refractivity contribution >= 4 is 11.3 Å². The lowest BCUT2D eigenvalue weighted by atomic mass is 10.2. The quantitative estimate of drug-likeness (QED) is 0.884. The first-order chi connectivity index (χ1) is 8.63. The first-order valence-corrected chi connectivity index (χ1v) is 7.20. The van der Waals surface area contributed by atoms with Gasteiger partial charge in [0.05, 0.1) is 17.5 Å². The zero-order chi connectivity index (χ0) is 13.1. The Balaban J connectivity index is 2.24. The third-order valence-corrected chi connectivity index (χ3v) is 4.39. The monoisotopic (exact) mass is 264 g/mol. The second-order valence-electron chi connectivity index (χ2n) is 4.53. The Morgan fingerprint density at radius 1 is 1.44 bits per heavy atom. The van der Waals surface area contributed by atoms with E-state index in [2.05, 4.69) is 31.1 Å². The van der Waals surface area contributed by atoms with E-state index >= 15 is 0 Å². The second kappa shape index (κ2) is 5.67. The van der Waals surface area contributed by atoms with Gasteiger partial charge in [0, 0.05) is 10.9 Å². The van der Waals surface area contributed by atoms with Crippen molar-refractivity contribution in [1.82, 2.24) is 10.3 Å². The van der Waals surface area contributed by atoms with Crippen LogP contribution in [0.15, 0.2) is 16.7 Å². The molecule has 4 heteroatoms. The van der Waals surface area contributed by atoms with Crippen LogP contribution in [0.1, 0.15) is 42.6 Å². The summed E-state index contributed by atoms with van der Waals surface area (Å²) in [7, 11) is 0. The number of hydrogen-bond donors (Lipinski definition) is 1. The summed E-state index contributed by atoms with van der Waals surface area (Å²) in [5, 5.41) is 4.56. The molecular formula is C14H20N2OS. The molecule has 3 nitrogen and oxygen atoms in total. The smallest absolute Gasteiger partial charge is 0.127 e. The number of rotatable bonds is 5. The summed E-state index contributed by atoms with van der Waals surface area (Å²) in [6.45, 7) is 9.47. The number of hydrogen-bond acceptors (Lipinski definition) is 4. The summed E-state index contributed by atoms with van der Waals surface area (Å²) in [5.74, 6) is 0.935. The SMILES string of the molecule is CCCNC(C)c1sc(-c2ccoc2C)nc1C. The second-order valence-corrected chi connectivity index (χ2v) is 5.57. The van der Waals surface area contributed by atoms with E-state index in [-0.39, 0.29) is 0 Å². The molecule has 1 N–H and O–H groups in total. The highest BCUT2D eigenvalue weighted by atomic mass is 32.1. The zero-order valence-corrected chi connectivity index (χ0v) is 12.2. The molecule has 0 saturated heterocycles. The van der Waals surface area contributed by atoms with Gasteiger partial charge in [0.2, 0.25) is 0 Å². The van der Waals surface area contributed by atoms with Crippen LogP contribution in [0.25, 0.3) is 10.6 Å². The molecule has 2 heterocycles. The number of aromatic nitrogens is 1. The van der Waals surface area contributed by atoms with Gasteiger partial charge in [-0.1, -0.05) is 6.92 Å². The Labute approximate surface area is 112 Å². The van der Waals surface area contributed by atoms with Gasteiger partial charge in [-0.15, -0.1) is 11.3 Å². The average Bonchev–Trinajstić information content (AvgIpc) is 2.92. The molecule has 0 fully saturated rings. The van der Waals surface area contributed by atoms with Gasteiger partial charge in [0.15, 0.2) is 0 Å². The summed E-state index contributed by atoms with van der Waals surface area (Å²) >= 11 is 1.76. The van der Waals surface area contributed by atoms with Crippen LogP contribution in [0.4, 0.5) is 0 Å². The van der Waals surface area contributed by atoms with E-state index in [1.165, 1.54) is 4.88 Å². The Morgan fingerprint density at radius 2 is 2.22 bits per heavy atom. The topological polar surface area (TPSA) is 38.1 Å². The molecule has 2 aromatic heterocycles. The molecule has 0 bridgehead atoms. The number of nitrogens with zero attached hydrogens (tertiary/aromatic N) is 1. The largest absolute Gasteiger partial charge is 0.469 e. The fourth-order valence-corrected chi connectivity index (χ4v) is 3.15. The minimum atomic E-state index is 0.364. The van der Waals surface area contributed by atoms with Crippen LogP contribution in [0.2, 0.25) is 0 Å².